The number of hydrogen-bond donors (Lipinski definition) is 5. The van der Waals surface area contributed by atoms with Gasteiger partial charge in [0.25, 0.3) is 0 Å². The third kappa shape index (κ3) is 10.4. The second kappa shape index (κ2) is 18.9. The maximum Gasteiger partial charge on any atom is 0.407 e. The van der Waals surface area contributed by atoms with Crippen LogP contribution in [0.3, 0.4) is 0 Å². The Morgan fingerprint density at radius 2 is 1.38 bits per heavy atom. The summed E-state index contributed by atoms with van der Waals surface area (Å²) < 4.78 is 5.83. The molecule has 11 heteroatoms. The number of guanidine groups is 1. The molecule has 3 atom stereocenters. The third-order valence-electron chi connectivity index (χ3n) is 10.2. The summed E-state index contributed by atoms with van der Waals surface area (Å²) >= 11 is 0. The number of nitrogens with zero attached hydrogens (tertiary/aromatic N) is 1. The topological polar surface area (TPSA) is 164 Å². The standard InChI is InChI=1S/C41H52N6O5/c1-27(48)36(24-28-14-5-3-6-15-28)46-38(49)35(22-13-23-44-40(42)43-2)45-39(50)37(25-29-16-7-4-8-17-29)47-41(51)52-26-34-32-20-11-9-18-30(32)31-19-10-12-21-33(31)34/h3,5-6,9-12,14-15,18-21,29,34-37H,4,7-8,13,16-17,22-26H2,1-2H3,(H,45,50)(H,46,49)(H,47,51)(H3,42,43,44)/t35-,36-,37-/m0/s1. The van der Waals surface area contributed by atoms with E-state index in [4.69, 9.17) is 10.5 Å². The summed E-state index contributed by atoms with van der Waals surface area (Å²) in [5.41, 5.74) is 11.1. The number of fused-ring (bicyclic) bond motifs is 3. The Kier molecular flexibility index (Phi) is 13.8. The molecule has 3 aromatic rings. The molecule has 1 fully saturated rings. The molecule has 0 radical (unpaired) electrons. The number of carbonyl (C=O) groups excluding carboxylic acids is 4. The quantitative estimate of drug-likeness (QED) is 0.0796. The SMILES string of the molecule is CN=C(N)NCCC[C@H](NC(=O)[C@H](CC1CCCCC1)NC(=O)OCC1c2ccccc2-c2ccccc21)C(=O)N[C@@H](Cc1ccccc1)C(C)=O. The molecule has 276 valence electrons. The molecule has 0 heterocycles. The molecule has 2 aliphatic carbocycles. The predicted molar refractivity (Wildman–Crippen MR) is 203 cm³/mol. The summed E-state index contributed by atoms with van der Waals surface area (Å²) in [6, 6.07) is 23.0. The number of nitrogens with one attached hydrogen (secondary N) is 4. The Morgan fingerprint density at radius 1 is 0.788 bits per heavy atom. The zero-order valence-electron chi connectivity index (χ0n) is 30.2. The average molecular weight is 709 g/mol. The summed E-state index contributed by atoms with van der Waals surface area (Å²) in [6.45, 7) is 1.98. The van der Waals surface area contributed by atoms with Crippen molar-refractivity contribution < 1.29 is 23.9 Å². The number of alkyl carbamates (subject to hydrolysis) is 1. The summed E-state index contributed by atoms with van der Waals surface area (Å²) in [5, 5.41) is 11.6. The Hall–Kier alpha value is -5.19. The molecule has 0 aromatic heterocycles. The first-order chi connectivity index (χ1) is 25.2. The van der Waals surface area contributed by atoms with Crippen molar-refractivity contribution in [3.63, 3.8) is 0 Å². The molecule has 0 unspecified atom stereocenters. The van der Waals surface area contributed by atoms with Crippen LogP contribution in [0.15, 0.2) is 83.9 Å². The van der Waals surface area contributed by atoms with Gasteiger partial charge < -0.3 is 31.7 Å². The number of Topliss-reactive ketones (excluding diaryl/α,β-unsaturated/α-hetero) is 1. The molecule has 11 nitrogen and oxygen atoms in total. The number of ketones is 1. The summed E-state index contributed by atoms with van der Waals surface area (Å²) in [7, 11) is 1.57. The fourth-order valence-electron chi connectivity index (χ4n) is 7.33. The minimum atomic E-state index is -0.968. The van der Waals surface area contributed by atoms with Crippen LogP contribution in [0.2, 0.25) is 0 Å². The van der Waals surface area contributed by atoms with Crippen molar-refractivity contribution in [2.24, 2.45) is 16.6 Å². The Labute approximate surface area is 306 Å². The zero-order chi connectivity index (χ0) is 36.9. The van der Waals surface area contributed by atoms with Crippen LogP contribution in [-0.2, 0) is 25.5 Å². The van der Waals surface area contributed by atoms with Gasteiger partial charge in [-0.25, -0.2) is 4.79 Å². The van der Waals surface area contributed by atoms with E-state index in [1.807, 2.05) is 54.6 Å². The Balaban J connectivity index is 1.28. The van der Waals surface area contributed by atoms with E-state index >= 15 is 0 Å². The van der Waals surface area contributed by atoms with Crippen molar-refractivity contribution in [2.75, 3.05) is 20.2 Å². The molecule has 0 bridgehead atoms. The van der Waals surface area contributed by atoms with Crippen LogP contribution in [0.4, 0.5) is 4.79 Å². The second-order valence-corrected chi connectivity index (χ2v) is 13.9. The highest BCUT2D eigenvalue weighted by atomic mass is 16.5. The highest BCUT2D eigenvalue weighted by Crippen LogP contribution is 2.44. The van der Waals surface area contributed by atoms with Gasteiger partial charge in [-0.05, 0) is 66.3 Å². The molecule has 0 aliphatic heterocycles. The van der Waals surface area contributed by atoms with Crippen LogP contribution in [-0.4, -0.2) is 68.0 Å². The molecule has 52 heavy (non-hydrogen) atoms. The molecule has 0 saturated heterocycles. The Morgan fingerprint density at radius 3 is 2.02 bits per heavy atom. The minimum absolute atomic E-state index is 0.119. The fourth-order valence-corrected chi connectivity index (χ4v) is 7.33. The van der Waals surface area contributed by atoms with Crippen molar-refractivity contribution in [3.05, 3.63) is 95.6 Å². The largest absolute Gasteiger partial charge is 0.449 e. The van der Waals surface area contributed by atoms with Crippen LogP contribution in [0.25, 0.3) is 11.1 Å². The number of benzene rings is 3. The number of ether oxygens (including phenoxy) is 1. The first-order valence-electron chi connectivity index (χ1n) is 18.5. The molecule has 3 amide bonds. The molecule has 3 aromatic carbocycles. The number of aliphatic imine (C=N–C) groups is 1. The lowest BCUT2D eigenvalue weighted by Gasteiger charge is -2.28. The molecule has 6 N–H and O–H groups in total. The predicted octanol–water partition coefficient (Wildman–Crippen LogP) is 4.98. The van der Waals surface area contributed by atoms with E-state index in [1.54, 1.807) is 7.05 Å². The fraction of sp³-hybridized carbons (Fsp3) is 0.439. The van der Waals surface area contributed by atoms with Gasteiger partial charge in [0.2, 0.25) is 11.8 Å². The van der Waals surface area contributed by atoms with Crippen molar-refractivity contribution in [3.8, 4) is 11.1 Å². The van der Waals surface area contributed by atoms with Crippen LogP contribution >= 0.6 is 0 Å². The number of carbonyl (C=O) groups is 4. The lowest BCUT2D eigenvalue weighted by Crippen LogP contribution is -2.56. The molecule has 2 aliphatic rings. The summed E-state index contributed by atoms with van der Waals surface area (Å²) in [5.74, 6) is -0.739. The van der Waals surface area contributed by atoms with Gasteiger partial charge in [0.15, 0.2) is 11.7 Å². The lowest BCUT2D eigenvalue weighted by atomic mass is 9.84. The van der Waals surface area contributed by atoms with Gasteiger partial charge >= 0.3 is 6.09 Å². The van der Waals surface area contributed by atoms with Crippen LogP contribution in [0, 0.1) is 5.92 Å². The third-order valence-corrected chi connectivity index (χ3v) is 10.2. The number of nitrogens with two attached hydrogens (primary N) is 1. The van der Waals surface area contributed by atoms with Crippen molar-refractivity contribution in [1.82, 2.24) is 21.3 Å². The van der Waals surface area contributed by atoms with E-state index in [0.29, 0.717) is 25.8 Å². The molecular formula is C41H52N6O5. The van der Waals surface area contributed by atoms with Crippen LogP contribution in [0.1, 0.15) is 80.9 Å². The van der Waals surface area contributed by atoms with Gasteiger partial charge in [0.05, 0.1) is 6.04 Å². The van der Waals surface area contributed by atoms with Gasteiger partial charge in [-0.15, -0.1) is 0 Å². The average Bonchev–Trinajstić information content (AvgIpc) is 3.48. The van der Waals surface area contributed by atoms with Crippen molar-refractivity contribution in [1.29, 1.82) is 0 Å². The van der Waals surface area contributed by atoms with Crippen molar-refractivity contribution in [2.45, 2.75) is 88.8 Å². The first-order valence-corrected chi connectivity index (χ1v) is 18.5. The van der Waals surface area contributed by atoms with Gasteiger partial charge in [-0.2, -0.15) is 0 Å². The minimum Gasteiger partial charge on any atom is -0.449 e. The van der Waals surface area contributed by atoms with E-state index in [-0.39, 0.29) is 36.6 Å². The van der Waals surface area contributed by atoms with Crippen LogP contribution in [0.5, 0.6) is 0 Å². The monoisotopic (exact) mass is 708 g/mol. The zero-order valence-corrected chi connectivity index (χ0v) is 30.2. The first kappa shape index (κ1) is 38.1. The highest BCUT2D eigenvalue weighted by Gasteiger charge is 2.33. The number of hydrogen-bond acceptors (Lipinski definition) is 6. The van der Waals surface area contributed by atoms with E-state index < -0.39 is 36.0 Å². The van der Waals surface area contributed by atoms with E-state index in [0.717, 1.165) is 59.9 Å². The van der Waals surface area contributed by atoms with Gasteiger partial charge in [0, 0.05) is 19.5 Å². The summed E-state index contributed by atoms with van der Waals surface area (Å²) in [6.07, 6.45) is 6.02. The van der Waals surface area contributed by atoms with Crippen LogP contribution < -0.4 is 27.0 Å². The second-order valence-electron chi connectivity index (χ2n) is 13.9. The summed E-state index contributed by atoms with van der Waals surface area (Å²) in [4.78, 5) is 57.8. The lowest BCUT2D eigenvalue weighted by molar-refractivity contribution is -0.132. The van der Waals surface area contributed by atoms with Gasteiger partial charge in [0.1, 0.15) is 18.7 Å². The number of amides is 3. The smallest absolute Gasteiger partial charge is 0.407 e. The molecule has 5 rings (SSSR count). The molecule has 1 saturated carbocycles. The van der Waals surface area contributed by atoms with Gasteiger partial charge in [-0.3, -0.25) is 19.4 Å². The van der Waals surface area contributed by atoms with E-state index in [9.17, 15) is 19.2 Å². The molecular weight excluding hydrogens is 656 g/mol. The maximum atomic E-state index is 14.1. The molecule has 0 spiro atoms. The van der Waals surface area contributed by atoms with Gasteiger partial charge in [-0.1, -0.05) is 111 Å². The van der Waals surface area contributed by atoms with E-state index in [1.165, 1.54) is 6.92 Å². The van der Waals surface area contributed by atoms with E-state index in [2.05, 4.69) is 50.5 Å². The number of rotatable bonds is 16. The normalized spacial score (nSPS) is 16.1. The highest BCUT2D eigenvalue weighted by molar-refractivity contribution is 5.94. The van der Waals surface area contributed by atoms with Crippen molar-refractivity contribution >= 4 is 29.7 Å². The maximum absolute atomic E-state index is 14.1. The Bertz CT molecular complexity index is 1660.